The van der Waals surface area contributed by atoms with Crippen molar-refractivity contribution in [1.29, 1.82) is 0 Å². The van der Waals surface area contributed by atoms with Crippen molar-refractivity contribution in [1.82, 2.24) is 0 Å². The number of rotatable bonds is 2. The maximum absolute atomic E-state index is 12.3. The summed E-state index contributed by atoms with van der Waals surface area (Å²) in [6.45, 7) is 0. The van der Waals surface area contributed by atoms with Crippen LogP contribution in [0.1, 0.15) is 11.1 Å². The molecule has 0 bridgehead atoms. The molecule has 0 amide bonds. The summed E-state index contributed by atoms with van der Waals surface area (Å²) in [6.07, 6.45) is -4.62. The van der Waals surface area contributed by atoms with E-state index >= 15 is 0 Å². The first-order chi connectivity index (χ1) is 6.70. The fourth-order valence-corrected chi connectivity index (χ4v) is 1.76. The summed E-state index contributed by atoms with van der Waals surface area (Å²) >= 11 is 0. The molecule has 0 aliphatic carbocycles. The Hall–Kier alpha value is -0.0800. The van der Waals surface area contributed by atoms with Gasteiger partial charge in [0.1, 0.15) is 5.75 Å². The molecule has 0 aliphatic heterocycles. The molecule has 1 aromatic carbocycles. The van der Waals surface area contributed by atoms with Gasteiger partial charge < -0.3 is 0 Å². The topological polar surface area (TPSA) is 54.4 Å². The van der Waals surface area contributed by atoms with E-state index in [2.05, 4.69) is 0 Å². The molecule has 0 aliphatic rings. The van der Waals surface area contributed by atoms with Gasteiger partial charge in [-0.25, -0.2) is 0 Å². The monoisotopic (exact) mass is 263 g/mol. The van der Waals surface area contributed by atoms with E-state index in [1.165, 1.54) is 6.07 Å². The third-order valence-electron chi connectivity index (χ3n) is 1.66. The van der Waals surface area contributed by atoms with E-state index in [1.54, 1.807) is 0 Å². The molecule has 0 saturated carbocycles. The SMILES string of the molecule is O=S(=O)(O)Cc1ccccc1C(F)(F)F.[Na]. The second-order valence-corrected chi connectivity index (χ2v) is 4.33. The minimum absolute atomic E-state index is 0. The van der Waals surface area contributed by atoms with Gasteiger partial charge in [0, 0.05) is 29.6 Å². The average Bonchev–Trinajstić information content (AvgIpc) is 1.99. The van der Waals surface area contributed by atoms with Gasteiger partial charge in [-0.2, -0.15) is 21.6 Å². The van der Waals surface area contributed by atoms with Crippen LogP contribution in [0.25, 0.3) is 0 Å². The molecule has 0 heterocycles. The van der Waals surface area contributed by atoms with Crippen LogP contribution in [0.4, 0.5) is 13.2 Å². The van der Waals surface area contributed by atoms with E-state index in [9.17, 15) is 21.6 Å². The Morgan fingerprint density at radius 2 is 1.69 bits per heavy atom. The van der Waals surface area contributed by atoms with E-state index in [1.807, 2.05) is 0 Å². The molecule has 1 radical (unpaired) electrons. The minimum atomic E-state index is -4.62. The van der Waals surface area contributed by atoms with Crippen molar-refractivity contribution in [2.75, 3.05) is 0 Å². The molecule has 1 N–H and O–H groups in total. The number of hydrogen-bond acceptors (Lipinski definition) is 2. The van der Waals surface area contributed by atoms with Crippen molar-refractivity contribution in [3.05, 3.63) is 35.4 Å². The van der Waals surface area contributed by atoms with Gasteiger partial charge in [0.05, 0.1) is 5.56 Å². The number of hydrogen-bond donors (Lipinski definition) is 1. The Morgan fingerprint density at radius 3 is 2.12 bits per heavy atom. The molecule has 1 rings (SSSR count). The van der Waals surface area contributed by atoms with E-state index in [0.717, 1.165) is 18.2 Å². The van der Waals surface area contributed by atoms with E-state index < -0.39 is 33.2 Å². The zero-order valence-electron chi connectivity index (χ0n) is 8.32. The maximum Gasteiger partial charge on any atom is 0.416 e. The molecule has 0 atom stereocenters. The molecule has 0 saturated heterocycles. The fraction of sp³-hybridized carbons (Fsp3) is 0.250. The largest absolute Gasteiger partial charge is 0.416 e. The Balaban J connectivity index is 0.00000225. The zero-order chi connectivity index (χ0) is 11.7. The van der Waals surface area contributed by atoms with E-state index in [4.69, 9.17) is 4.55 Å². The summed E-state index contributed by atoms with van der Waals surface area (Å²) in [7, 11) is -4.46. The quantitative estimate of drug-likeness (QED) is 0.652. The van der Waals surface area contributed by atoms with Gasteiger partial charge in [-0.3, -0.25) is 4.55 Å². The molecule has 0 spiro atoms. The first kappa shape index (κ1) is 15.9. The normalized spacial score (nSPS) is 12.0. The van der Waals surface area contributed by atoms with Crippen molar-refractivity contribution in [3.63, 3.8) is 0 Å². The first-order valence-corrected chi connectivity index (χ1v) is 5.41. The Morgan fingerprint density at radius 1 is 1.19 bits per heavy atom. The second-order valence-electron chi connectivity index (χ2n) is 2.88. The van der Waals surface area contributed by atoms with E-state index in [-0.39, 0.29) is 29.6 Å². The van der Waals surface area contributed by atoms with Crippen LogP contribution in [0, 0.1) is 0 Å². The average molecular weight is 263 g/mol. The number of alkyl halides is 3. The van der Waals surface area contributed by atoms with Gasteiger partial charge in [-0.15, -0.1) is 0 Å². The molecule has 16 heavy (non-hydrogen) atoms. The Labute approximate surface area is 113 Å². The van der Waals surface area contributed by atoms with Crippen LogP contribution in [0.5, 0.6) is 0 Å². The van der Waals surface area contributed by atoms with E-state index in [0.29, 0.717) is 0 Å². The fourth-order valence-electron chi connectivity index (χ4n) is 1.12. The van der Waals surface area contributed by atoms with Crippen molar-refractivity contribution in [2.24, 2.45) is 0 Å². The third-order valence-corrected chi connectivity index (χ3v) is 2.34. The van der Waals surface area contributed by atoms with Gasteiger partial charge >= 0.3 is 6.18 Å². The first-order valence-electron chi connectivity index (χ1n) is 3.80. The summed E-state index contributed by atoms with van der Waals surface area (Å²) in [5.41, 5.74) is -1.52. The van der Waals surface area contributed by atoms with Crippen LogP contribution in [-0.2, 0) is 22.0 Å². The smallest absolute Gasteiger partial charge is 0.285 e. The molecule has 0 fully saturated rings. The van der Waals surface area contributed by atoms with Crippen LogP contribution >= 0.6 is 0 Å². The molecule has 8 heteroatoms. The third kappa shape index (κ3) is 4.84. The molecular weight excluding hydrogens is 256 g/mol. The molecular formula is C8H7F3NaO3S. The van der Waals surface area contributed by atoms with Crippen molar-refractivity contribution >= 4 is 39.7 Å². The molecule has 0 aromatic heterocycles. The summed E-state index contributed by atoms with van der Waals surface area (Å²) in [6, 6.07) is 4.20. The predicted molar refractivity (Wildman–Crippen MR) is 52.5 cm³/mol. The summed E-state index contributed by atoms with van der Waals surface area (Å²) in [5, 5.41) is 0. The van der Waals surface area contributed by atoms with Crippen LogP contribution in [-0.4, -0.2) is 42.5 Å². The van der Waals surface area contributed by atoms with Gasteiger partial charge in [-0.1, -0.05) is 18.2 Å². The summed E-state index contributed by atoms with van der Waals surface area (Å²) in [5.74, 6) is -1.04. The van der Waals surface area contributed by atoms with Gasteiger partial charge in [0.25, 0.3) is 10.1 Å². The van der Waals surface area contributed by atoms with Crippen LogP contribution in [0.2, 0.25) is 0 Å². The molecule has 0 unspecified atom stereocenters. The van der Waals surface area contributed by atoms with Gasteiger partial charge in [0.2, 0.25) is 0 Å². The van der Waals surface area contributed by atoms with Gasteiger partial charge in [-0.05, 0) is 11.6 Å². The van der Waals surface area contributed by atoms with Crippen LogP contribution in [0.15, 0.2) is 24.3 Å². The number of halogens is 3. The predicted octanol–water partition coefficient (Wildman–Crippen LogP) is 1.71. The standard InChI is InChI=1S/C8H7F3O3S.Na/c9-8(10,11)7-4-2-1-3-6(7)5-15(12,13)14;/h1-4H,5H2,(H,12,13,14);. The molecule has 85 valence electrons. The summed E-state index contributed by atoms with van der Waals surface area (Å²) < 4.78 is 66.4. The van der Waals surface area contributed by atoms with Crippen LogP contribution < -0.4 is 0 Å². The van der Waals surface area contributed by atoms with Gasteiger partial charge in [0.15, 0.2) is 0 Å². The van der Waals surface area contributed by atoms with Crippen molar-refractivity contribution < 1.29 is 26.1 Å². The Bertz CT molecular complexity index is 456. The maximum atomic E-state index is 12.3. The second kappa shape index (κ2) is 5.50. The summed E-state index contributed by atoms with van der Waals surface area (Å²) in [4.78, 5) is 0. The Kier molecular flexibility index (Phi) is 5.48. The molecule has 3 nitrogen and oxygen atoms in total. The van der Waals surface area contributed by atoms with Crippen molar-refractivity contribution in [3.8, 4) is 0 Å². The number of benzene rings is 1. The van der Waals surface area contributed by atoms with Crippen LogP contribution in [0.3, 0.4) is 0 Å². The molecule has 1 aromatic rings. The zero-order valence-corrected chi connectivity index (χ0v) is 11.1. The minimum Gasteiger partial charge on any atom is -0.285 e. The van der Waals surface area contributed by atoms with Crippen molar-refractivity contribution in [2.45, 2.75) is 11.9 Å².